The number of piperidine rings is 1. The fourth-order valence-electron chi connectivity index (χ4n) is 4.06. The Morgan fingerprint density at radius 2 is 1.97 bits per heavy atom. The Balaban J connectivity index is 0.000000245. The van der Waals surface area contributed by atoms with E-state index in [4.69, 9.17) is 5.73 Å². The van der Waals surface area contributed by atoms with Crippen LogP contribution in [0.25, 0.3) is 27.9 Å². The molecule has 1 saturated heterocycles. The van der Waals surface area contributed by atoms with E-state index in [0.717, 1.165) is 10.9 Å². The van der Waals surface area contributed by atoms with E-state index in [1.807, 2.05) is 0 Å². The van der Waals surface area contributed by atoms with E-state index >= 15 is 0 Å². The predicted molar refractivity (Wildman–Crippen MR) is 126 cm³/mol. The van der Waals surface area contributed by atoms with Crippen LogP contribution in [0.4, 0.5) is 33.7 Å². The van der Waals surface area contributed by atoms with Crippen LogP contribution in [0.2, 0.25) is 0 Å². The van der Waals surface area contributed by atoms with Gasteiger partial charge < -0.3 is 20.5 Å². The summed E-state index contributed by atoms with van der Waals surface area (Å²) < 4.78 is 66.0. The van der Waals surface area contributed by atoms with Crippen molar-refractivity contribution in [2.45, 2.75) is 38.4 Å². The number of nitrogens with two attached hydrogens (primary N) is 1. The minimum atomic E-state index is -4.36. The maximum atomic E-state index is 12.7. The van der Waals surface area contributed by atoms with Gasteiger partial charge in [-0.3, -0.25) is 4.79 Å². The number of aromatic nitrogens is 6. The summed E-state index contributed by atoms with van der Waals surface area (Å²) in [6.45, 7) is 0.243. The highest BCUT2D eigenvalue weighted by molar-refractivity contribution is 5.89. The van der Waals surface area contributed by atoms with E-state index in [0.29, 0.717) is 41.1 Å². The number of carbonyl (C=O) groups is 1. The van der Waals surface area contributed by atoms with Crippen LogP contribution in [0.15, 0.2) is 30.7 Å². The zero-order chi connectivity index (χ0) is 27.0. The van der Waals surface area contributed by atoms with Crippen LogP contribution in [0.3, 0.4) is 0 Å². The standard InChI is InChI=1S/C15H13F3N8.C7H11F2NO/c1-20-12-11-8(4-5-26(11)24-14(19)23-12)9-2-3-10-13(22-9)25(7-21-10)6-15(16,17)18;1-6(11)10-4-2-3-7(8,9)5-10/h2-5,7H,6H2,1H3,(H3,19,20,23,24);2-5H2,1H3. The highest BCUT2D eigenvalue weighted by atomic mass is 19.4. The fourth-order valence-corrected chi connectivity index (χ4v) is 4.06. The van der Waals surface area contributed by atoms with Crippen molar-refractivity contribution in [3.63, 3.8) is 0 Å². The zero-order valence-corrected chi connectivity index (χ0v) is 19.9. The number of carbonyl (C=O) groups excluding carboxylic acids is 1. The lowest BCUT2D eigenvalue weighted by atomic mass is 10.1. The molecular weight excluding hydrogens is 501 g/mol. The van der Waals surface area contributed by atoms with Crippen LogP contribution in [0, 0.1) is 0 Å². The summed E-state index contributed by atoms with van der Waals surface area (Å²) in [5, 5.41) is 7.03. The van der Waals surface area contributed by atoms with E-state index in [1.165, 1.54) is 11.8 Å². The first-order valence-electron chi connectivity index (χ1n) is 11.2. The third-order valence-corrected chi connectivity index (χ3v) is 5.69. The maximum absolute atomic E-state index is 12.7. The number of nitrogens with one attached hydrogen (secondary N) is 1. The SMILES string of the molecule is CC(=O)N1CCCC(F)(F)C1.CNc1nc(N)nn2ccc(-c3ccc4ncn(CC(F)(F)F)c4n3)c12. The summed E-state index contributed by atoms with van der Waals surface area (Å²) >= 11 is 0. The maximum Gasteiger partial charge on any atom is 0.406 e. The van der Waals surface area contributed by atoms with Crippen molar-refractivity contribution in [3.8, 4) is 11.3 Å². The molecule has 198 valence electrons. The van der Waals surface area contributed by atoms with Gasteiger partial charge in [-0.25, -0.2) is 23.3 Å². The molecule has 4 aromatic heterocycles. The fraction of sp³-hybridized carbons (Fsp3) is 0.409. The molecule has 10 nitrogen and oxygen atoms in total. The lowest BCUT2D eigenvalue weighted by Gasteiger charge is -2.31. The number of imidazole rings is 1. The highest BCUT2D eigenvalue weighted by Gasteiger charge is 2.36. The summed E-state index contributed by atoms with van der Waals surface area (Å²) in [6, 6.07) is 5.08. The lowest BCUT2D eigenvalue weighted by molar-refractivity contribution is -0.140. The third kappa shape index (κ3) is 5.86. The molecule has 0 saturated carbocycles. The molecule has 0 bridgehead atoms. The first kappa shape index (κ1) is 26.0. The second-order valence-corrected chi connectivity index (χ2v) is 8.52. The minimum absolute atomic E-state index is 0.0865. The van der Waals surface area contributed by atoms with Crippen molar-refractivity contribution >= 4 is 34.4 Å². The molecule has 0 unspecified atom stereocenters. The Bertz CT molecular complexity index is 1430. The molecule has 5 heterocycles. The number of anilines is 2. The van der Waals surface area contributed by atoms with Crippen molar-refractivity contribution in [1.82, 2.24) is 34.0 Å². The molecule has 0 radical (unpaired) electrons. The van der Waals surface area contributed by atoms with Crippen LogP contribution in [0.5, 0.6) is 0 Å². The average molecular weight is 525 g/mol. The summed E-state index contributed by atoms with van der Waals surface area (Å²) in [7, 11) is 1.69. The van der Waals surface area contributed by atoms with Gasteiger partial charge in [0.1, 0.15) is 17.6 Å². The molecule has 0 aliphatic carbocycles. The van der Waals surface area contributed by atoms with Crippen LogP contribution >= 0.6 is 0 Å². The molecule has 0 aromatic carbocycles. The predicted octanol–water partition coefficient (Wildman–Crippen LogP) is 3.59. The Hall–Kier alpha value is -4.04. The number of pyridine rings is 1. The molecule has 15 heteroatoms. The number of rotatable bonds is 3. The summed E-state index contributed by atoms with van der Waals surface area (Å²) in [6.07, 6.45) is -1.22. The summed E-state index contributed by atoms with van der Waals surface area (Å²) in [5.41, 5.74) is 7.97. The van der Waals surface area contributed by atoms with Crippen molar-refractivity contribution < 1.29 is 26.7 Å². The van der Waals surface area contributed by atoms with Crippen molar-refractivity contribution in [3.05, 3.63) is 30.7 Å². The van der Waals surface area contributed by atoms with Gasteiger partial charge in [0, 0.05) is 38.7 Å². The molecular formula is C22H24F5N9O. The van der Waals surface area contributed by atoms with Gasteiger partial charge in [0.15, 0.2) is 11.5 Å². The highest BCUT2D eigenvalue weighted by Crippen LogP contribution is 2.30. The van der Waals surface area contributed by atoms with Gasteiger partial charge in [-0.1, -0.05) is 0 Å². The number of halogens is 5. The molecule has 1 aliphatic rings. The molecule has 1 aliphatic heterocycles. The third-order valence-electron chi connectivity index (χ3n) is 5.69. The van der Waals surface area contributed by atoms with Crippen LogP contribution in [-0.4, -0.2) is 72.2 Å². The number of likely N-dealkylation sites (tertiary alicyclic amines) is 1. The van der Waals surface area contributed by atoms with Gasteiger partial charge in [0.05, 0.1) is 18.6 Å². The van der Waals surface area contributed by atoms with Gasteiger partial charge in [-0.2, -0.15) is 18.2 Å². The number of fused-ring (bicyclic) bond motifs is 2. The van der Waals surface area contributed by atoms with Crippen LogP contribution in [-0.2, 0) is 11.3 Å². The molecule has 5 rings (SSSR count). The van der Waals surface area contributed by atoms with Gasteiger partial charge in [-0.15, -0.1) is 5.10 Å². The lowest BCUT2D eigenvalue weighted by Crippen LogP contribution is -2.44. The number of hydrogen-bond acceptors (Lipinski definition) is 7. The number of nitrogen functional groups attached to an aromatic ring is 1. The van der Waals surface area contributed by atoms with Crippen molar-refractivity contribution in [2.24, 2.45) is 0 Å². The van der Waals surface area contributed by atoms with E-state index < -0.39 is 25.2 Å². The average Bonchev–Trinajstić information content (AvgIpc) is 3.41. The molecule has 37 heavy (non-hydrogen) atoms. The molecule has 3 N–H and O–H groups in total. The molecule has 0 atom stereocenters. The van der Waals surface area contributed by atoms with Crippen molar-refractivity contribution in [1.29, 1.82) is 0 Å². The molecule has 0 spiro atoms. The monoisotopic (exact) mass is 525 g/mol. The topological polar surface area (TPSA) is 119 Å². The Morgan fingerprint density at radius 1 is 1.22 bits per heavy atom. The zero-order valence-electron chi connectivity index (χ0n) is 19.9. The van der Waals surface area contributed by atoms with E-state index in [2.05, 4.69) is 25.4 Å². The largest absolute Gasteiger partial charge is 0.406 e. The van der Waals surface area contributed by atoms with E-state index in [9.17, 15) is 26.7 Å². The quantitative estimate of drug-likeness (QED) is 0.393. The number of hydrogen-bond donors (Lipinski definition) is 2. The first-order chi connectivity index (χ1) is 17.4. The van der Waals surface area contributed by atoms with Gasteiger partial charge >= 0.3 is 6.18 Å². The van der Waals surface area contributed by atoms with Gasteiger partial charge in [0.2, 0.25) is 11.9 Å². The van der Waals surface area contributed by atoms with Gasteiger partial charge in [0.25, 0.3) is 5.92 Å². The molecule has 1 fully saturated rings. The van der Waals surface area contributed by atoms with Crippen LogP contribution in [0.1, 0.15) is 19.8 Å². The number of nitrogens with zero attached hydrogens (tertiary/aromatic N) is 7. The number of alkyl halides is 5. The molecule has 4 aromatic rings. The van der Waals surface area contributed by atoms with E-state index in [-0.39, 0.29) is 23.9 Å². The Kier molecular flexibility index (Phi) is 6.88. The normalized spacial score (nSPS) is 15.5. The first-order valence-corrected chi connectivity index (χ1v) is 11.2. The second-order valence-electron chi connectivity index (χ2n) is 8.52. The smallest absolute Gasteiger partial charge is 0.371 e. The van der Waals surface area contributed by atoms with Gasteiger partial charge in [-0.05, 0) is 24.6 Å². The van der Waals surface area contributed by atoms with Crippen LogP contribution < -0.4 is 11.1 Å². The van der Waals surface area contributed by atoms with E-state index in [1.54, 1.807) is 36.0 Å². The second kappa shape index (κ2) is 9.78. The Labute approximate surface area is 207 Å². The minimum Gasteiger partial charge on any atom is -0.371 e. The Morgan fingerprint density at radius 3 is 2.59 bits per heavy atom. The molecule has 1 amide bonds. The summed E-state index contributed by atoms with van der Waals surface area (Å²) in [5.74, 6) is -2.34. The number of amides is 1. The summed E-state index contributed by atoms with van der Waals surface area (Å²) in [4.78, 5) is 24.4. The van der Waals surface area contributed by atoms with Crippen molar-refractivity contribution in [2.75, 3.05) is 31.2 Å².